The minimum absolute atomic E-state index is 0.368. The number of rotatable bonds is 7. The molecule has 1 aromatic heterocycles. The van der Waals surface area contributed by atoms with Crippen molar-refractivity contribution < 1.29 is 18.3 Å². The Morgan fingerprint density at radius 1 is 1.08 bits per heavy atom. The molecule has 3 rings (SSSR count). The van der Waals surface area contributed by atoms with Crippen molar-refractivity contribution in [2.45, 2.75) is 17.3 Å². The largest absolute Gasteiger partial charge is 0.497 e. The molecular formula is C18H15F2NO2S2. The number of ether oxygens (including phenoxy) is 2. The Morgan fingerprint density at radius 2 is 1.84 bits per heavy atom. The normalized spacial score (nSPS) is 10.7. The van der Waals surface area contributed by atoms with Gasteiger partial charge in [-0.15, -0.1) is 23.1 Å². The minimum atomic E-state index is -0.575. The van der Waals surface area contributed by atoms with Gasteiger partial charge in [-0.3, -0.25) is 0 Å². The highest BCUT2D eigenvalue weighted by molar-refractivity contribution is 7.98. The maximum absolute atomic E-state index is 13.6. The number of thioether (sulfide) groups is 1. The lowest BCUT2D eigenvalue weighted by Gasteiger charge is -2.05. The third-order valence-corrected chi connectivity index (χ3v) is 5.24. The van der Waals surface area contributed by atoms with E-state index in [9.17, 15) is 8.78 Å². The van der Waals surface area contributed by atoms with Gasteiger partial charge in [0.2, 0.25) is 0 Å². The number of hydrogen-bond acceptors (Lipinski definition) is 5. The van der Waals surface area contributed by atoms with Crippen LogP contribution < -0.4 is 9.47 Å². The molecule has 130 valence electrons. The Morgan fingerprint density at radius 3 is 2.56 bits per heavy atom. The first kappa shape index (κ1) is 17.7. The van der Waals surface area contributed by atoms with Gasteiger partial charge in [0.1, 0.15) is 34.7 Å². The standard InChI is InChI=1S/C18H15F2NO2S2/c1-22-14-3-5-15(6-4-14)23-9-18-21-13(11-25-18)10-24-17-7-2-12(19)8-16(17)20/h2-8,11H,9-10H2,1H3. The number of nitrogens with zero attached hydrogens (tertiary/aromatic N) is 1. The van der Waals surface area contributed by atoms with Crippen LogP contribution in [-0.2, 0) is 12.4 Å². The first-order chi connectivity index (χ1) is 12.1. The van der Waals surface area contributed by atoms with Gasteiger partial charge < -0.3 is 9.47 Å². The van der Waals surface area contributed by atoms with Gasteiger partial charge in [-0.25, -0.2) is 13.8 Å². The van der Waals surface area contributed by atoms with Gasteiger partial charge in [-0.2, -0.15) is 0 Å². The highest BCUT2D eigenvalue weighted by atomic mass is 32.2. The van der Waals surface area contributed by atoms with E-state index in [-0.39, 0.29) is 0 Å². The highest BCUT2D eigenvalue weighted by Crippen LogP contribution is 2.27. The van der Waals surface area contributed by atoms with Crippen molar-refractivity contribution in [2.75, 3.05) is 7.11 Å². The minimum Gasteiger partial charge on any atom is -0.497 e. The Bertz CT molecular complexity index is 837. The molecule has 0 radical (unpaired) electrons. The number of aromatic nitrogens is 1. The maximum Gasteiger partial charge on any atom is 0.140 e. The molecule has 0 N–H and O–H groups in total. The van der Waals surface area contributed by atoms with Crippen molar-refractivity contribution >= 4 is 23.1 Å². The number of hydrogen-bond donors (Lipinski definition) is 0. The summed E-state index contributed by atoms with van der Waals surface area (Å²) < 4.78 is 37.3. The Kier molecular flexibility index (Phi) is 5.88. The fourth-order valence-corrected chi connectivity index (χ4v) is 3.67. The molecule has 0 saturated heterocycles. The number of benzene rings is 2. The zero-order chi connectivity index (χ0) is 17.6. The van der Waals surface area contributed by atoms with Gasteiger partial charge in [-0.1, -0.05) is 0 Å². The SMILES string of the molecule is COc1ccc(OCc2nc(CSc3ccc(F)cc3F)cs2)cc1. The zero-order valence-electron chi connectivity index (χ0n) is 13.4. The van der Waals surface area contributed by atoms with Gasteiger partial charge >= 0.3 is 0 Å². The Hall–Kier alpha value is -2.12. The van der Waals surface area contributed by atoms with Crippen LogP contribution in [0.1, 0.15) is 10.7 Å². The zero-order valence-corrected chi connectivity index (χ0v) is 15.0. The van der Waals surface area contributed by atoms with E-state index in [1.54, 1.807) is 7.11 Å². The molecule has 0 saturated carbocycles. The van der Waals surface area contributed by atoms with Gasteiger partial charge in [0.15, 0.2) is 0 Å². The van der Waals surface area contributed by atoms with Crippen molar-refractivity contribution in [3.8, 4) is 11.5 Å². The molecule has 0 atom stereocenters. The fraction of sp³-hybridized carbons (Fsp3) is 0.167. The third-order valence-electron chi connectivity index (χ3n) is 3.29. The molecule has 3 aromatic rings. The second-order valence-electron chi connectivity index (χ2n) is 5.06. The number of halogens is 2. The van der Waals surface area contributed by atoms with E-state index in [0.717, 1.165) is 28.3 Å². The molecule has 7 heteroatoms. The van der Waals surface area contributed by atoms with Crippen LogP contribution in [0.4, 0.5) is 8.78 Å². The second kappa shape index (κ2) is 8.31. The summed E-state index contributed by atoms with van der Waals surface area (Å²) in [6.07, 6.45) is 0. The number of thiazole rings is 1. The molecule has 1 heterocycles. The quantitative estimate of drug-likeness (QED) is 0.521. The molecule has 0 aliphatic carbocycles. The molecule has 3 nitrogen and oxygen atoms in total. The molecule has 0 bridgehead atoms. The predicted molar refractivity (Wildman–Crippen MR) is 95.4 cm³/mol. The van der Waals surface area contributed by atoms with E-state index in [0.29, 0.717) is 17.3 Å². The lowest BCUT2D eigenvalue weighted by molar-refractivity contribution is 0.304. The van der Waals surface area contributed by atoms with Gasteiger partial charge in [-0.05, 0) is 36.4 Å². The molecule has 0 spiro atoms. The van der Waals surface area contributed by atoms with Crippen LogP contribution in [-0.4, -0.2) is 12.1 Å². The predicted octanol–water partition coefficient (Wildman–Crippen LogP) is 5.30. The summed E-state index contributed by atoms with van der Waals surface area (Å²) in [7, 11) is 1.61. The highest BCUT2D eigenvalue weighted by Gasteiger charge is 2.08. The topological polar surface area (TPSA) is 31.4 Å². The average Bonchev–Trinajstić information content (AvgIpc) is 3.07. The summed E-state index contributed by atoms with van der Waals surface area (Å²) in [5.74, 6) is 0.896. The smallest absolute Gasteiger partial charge is 0.140 e. The van der Waals surface area contributed by atoms with E-state index >= 15 is 0 Å². The lowest BCUT2D eigenvalue weighted by Crippen LogP contribution is -1.95. The average molecular weight is 379 g/mol. The van der Waals surface area contributed by atoms with E-state index in [2.05, 4.69) is 4.98 Å². The van der Waals surface area contributed by atoms with Crippen LogP contribution in [0, 0.1) is 11.6 Å². The summed E-state index contributed by atoms with van der Waals surface area (Å²) in [5.41, 5.74) is 0.840. The van der Waals surface area contributed by atoms with Gasteiger partial charge in [0.05, 0.1) is 12.8 Å². The van der Waals surface area contributed by atoms with Crippen molar-refractivity contribution in [1.82, 2.24) is 4.98 Å². The molecule has 2 aromatic carbocycles. The summed E-state index contributed by atoms with van der Waals surface area (Å²) >= 11 is 2.78. The van der Waals surface area contributed by atoms with Crippen LogP contribution in [0.15, 0.2) is 52.7 Å². The van der Waals surface area contributed by atoms with Crippen LogP contribution in [0.25, 0.3) is 0 Å². The first-order valence-corrected chi connectivity index (χ1v) is 9.28. The summed E-state index contributed by atoms with van der Waals surface area (Å²) in [6, 6.07) is 10.9. The van der Waals surface area contributed by atoms with E-state index < -0.39 is 11.6 Å². The Labute approximate surface area is 152 Å². The van der Waals surface area contributed by atoms with Crippen molar-refractivity contribution in [1.29, 1.82) is 0 Å². The van der Waals surface area contributed by atoms with Gasteiger partial charge in [0, 0.05) is 22.1 Å². The van der Waals surface area contributed by atoms with Crippen LogP contribution in [0.2, 0.25) is 0 Å². The lowest BCUT2D eigenvalue weighted by atomic mass is 10.3. The molecule has 0 unspecified atom stereocenters. The molecule has 0 amide bonds. The molecule has 0 aliphatic rings. The van der Waals surface area contributed by atoms with E-state index in [1.807, 2.05) is 29.6 Å². The molecular weight excluding hydrogens is 364 g/mol. The van der Waals surface area contributed by atoms with Crippen LogP contribution >= 0.6 is 23.1 Å². The van der Waals surface area contributed by atoms with Crippen LogP contribution in [0.3, 0.4) is 0 Å². The second-order valence-corrected chi connectivity index (χ2v) is 7.02. The summed E-state index contributed by atoms with van der Waals surface area (Å²) in [4.78, 5) is 4.88. The Balaban J connectivity index is 1.53. The maximum atomic E-state index is 13.6. The molecule has 0 aliphatic heterocycles. The van der Waals surface area contributed by atoms with E-state index in [4.69, 9.17) is 9.47 Å². The summed E-state index contributed by atoms with van der Waals surface area (Å²) in [6.45, 7) is 0.368. The van der Waals surface area contributed by atoms with Crippen molar-refractivity contribution in [3.63, 3.8) is 0 Å². The monoisotopic (exact) mass is 379 g/mol. The fourth-order valence-electron chi connectivity index (χ4n) is 2.04. The van der Waals surface area contributed by atoms with Crippen molar-refractivity contribution in [3.05, 3.63) is 70.2 Å². The molecule has 25 heavy (non-hydrogen) atoms. The van der Waals surface area contributed by atoms with Gasteiger partial charge in [0.25, 0.3) is 0 Å². The van der Waals surface area contributed by atoms with Crippen molar-refractivity contribution in [2.24, 2.45) is 0 Å². The first-order valence-electron chi connectivity index (χ1n) is 7.42. The third kappa shape index (κ3) is 4.93. The number of methoxy groups -OCH3 is 1. The molecule has 0 fully saturated rings. The summed E-state index contributed by atoms with van der Waals surface area (Å²) in [5, 5.41) is 2.76. The van der Waals surface area contributed by atoms with Crippen LogP contribution in [0.5, 0.6) is 11.5 Å². The van der Waals surface area contributed by atoms with E-state index in [1.165, 1.54) is 35.2 Å².